The Morgan fingerprint density at radius 1 is 0.655 bits per heavy atom. The molecule has 9 nitrogen and oxygen atoms in total. The van der Waals surface area contributed by atoms with Crippen molar-refractivity contribution in [1.82, 2.24) is 0 Å². The molecule has 5 N–H and O–H groups in total. The molecule has 0 saturated carbocycles. The number of aryl methyl sites for hydroxylation is 1. The number of aliphatic hydroxyl groups is 5. The molecule has 0 aromatic heterocycles. The van der Waals surface area contributed by atoms with Gasteiger partial charge in [-0.2, -0.15) is 0 Å². The predicted octanol–water partition coefficient (Wildman–Crippen LogP) is -0.573. The van der Waals surface area contributed by atoms with Crippen molar-refractivity contribution in [1.29, 1.82) is 0 Å². The van der Waals surface area contributed by atoms with Crippen LogP contribution in [0.3, 0.4) is 0 Å². The second-order valence-electron chi connectivity index (χ2n) is 6.43. The van der Waals surface area contributed by atoms with Crippen LogP contribution in [-0.4, -0.2) is 96.6 Å². The zero-order valence-electron chi connectivity index (χ0n) is 16.6. The fraction of sp³-hybridized carbons (Fsp3) is 0.700. The molecular weight excluding hydrogens is 384 g/mol. The van der Waals surface area contributed by atoms with E-state index in [1.54, 1.807) is 0 Å². The van der Waals surface area contributed by atoms with E-state index in [0.717, 1.165) is 19.3 Å². The van der Waals surface area contributed by atoms with Gasteiger partial charge in [0.15, 0.2) is 12.6 Å². The summed E-state index contributed by atoms with van der Waals surface area (Å²) in [4.78, 5) is 0. The molecule has 0 aliphatic heterocycles. The third-order valence-corrected chi connectivity index (χ3v) is 4.07. The quantitative estimate of drug-likeness (QED) is 0.157. The van der Waals surface area contributed by atoms with Gasteiger partial charge in [0.05, 0.1) is 39.6 Å². The minimum absolute atomic E-state index is 0.140. The van der Waals surface area contributed by atoms with E-state index < -0.39 is 51.2 Å². The highest BCUT2D eigenvalue weighted by Crippen LogP contribution is 2.08. The van der Waals surface area contributed by atoms with Gasteiger partial charge < -0.3 is 44.5 Å². The van der Waals surface area contributed by atoms with Crippen LogP contribution in [0.5, 0.6) is 0 Å². The standard InChI is InChI=1S/C20H34O9/c21-10-17(11-22)28-20(14-25)27-15-18(12-23)29-19(13-24)26-9-5-4-8-16-6-2-1-3-7-16/h1-3,6-7,17-25H,4-5,8-15H2. The van der Waals surface area contributed by atoms with E-state index in [1.807, 2.05) is 18.2 Å². The first kappa shape index (κ1) is 25.9. The molecule has 9 heteroatoms. The molecule has 3 atom stereocenters. The van der Waals surface area contributed by atoms with Crippen molar-refractivity contribution >= 4 is 0 Å². The highest BCUT2D eigenvalue weighted by atomic mass is 16.7. The molecule has 0 aliphatic carbocycles. The Hall–Kier alpha value is -1.14. The monoisotopic (exact) mass is 418 g/mol. The highest BCUT2D eigenvalue weighted by molar-refractivity contribution is 5.14. The van der Waals surface area contributed by atoms with Crippen LogP contribution in [0.25, 0.3) is 0 Å². The molecule has 3 unspecified atom stereocenters. The Morgan fingerprint density at radius 3 is 1.83 bits per heavy atom. The molecule has 168 valence electrons. The summed E-state index contributed by atoms with van der Waals surface area (Å²) in [5, 5.41) is 46.1. The lowest BCUT2D eigenvalue weighted by atomic mass is 10.1. The van der Waals surface area contributed by atoms with Crippen LogP contribution in [-0.2, 0) is 25.4 Å². The summed E-state index contributed by atoms with van der Waals surface area (Å²) in [6.07, 6.45) is -1.04. The summed E-state index contributed by atoms with van der Waals surface area (Å²) < 4.78 is 21.5. The van der Waals surface area contributed by atoms with Gasteiger partial charge in [-0.3, -0.25) is 0 Å². The first-order valence-electron chi connectivity index (χ1n) is 9.79. The molecule has 0 radical (unpaired) electrons. The maximum Gasteiger partial charge on any atom is 0.181 e. The van der Waals surface area contributed by atoms with Crippen LogP contribution in [0.1, 0.15) is 18.4 Å². The fourth-order valence-electron chi connectivity index (χ4n) is 2.48. The third-order valence-electron chi connectivity index (χ3n) is 4.07. The van der Waals surface area contributed by atoms with E-state index in [-0.39, 0.29) is 13.2 Å². The number of aliphatic hydroxyl groups excluding tert-OH is 5. The van der Waals surface area contributed by atoms with Crippen LogP contribution in [0.2, 0.25) is 0 Å². The third kappa shape index (κ3) is 11.6. The number of benzene rings is 1. The molecular formula is C20H34O9. The molecule has 0 fully saturated rings. The van der Waals surface area contributed by atoms with Crippen molar-refractivity contribution in [3.05, 3.63) is 35.9 Å². The van der Waals surface area contributed by atoms with E-state index in [4.69, 9.17) is 29.2 Å². The summed E-state index contributed by atoms with van der Waals surface area (Å²) in [6.45, 7) is -1.88. The Labute approximate surface area is 171 Å². The smallest absolute Gasteiger partial charge is 0.181 e. The van der Waals surface area contributed by atoms with Crippen LogP contribution in [0, 0.1) is 0 Å². The average molecular weight is 418 g/mol. The summed E-state index contributed by atoms with van der Waals surface area (Å²) in [5.74, 6) is 0. The largest absolute Gasteiger partial charge is 0.394 e. The van der Waals surface area contributed by atoms with Gasteiger partial charge in [0, 0.05) is 6.61 Å². The van der Waals surface area contributed by atoms with Gasteiger partial charge in [-0.15, -0.1) is 0 Å². The molecule has 1 aromatic rings. The van der Waals surface area contributed by atoms with E-state index in [2.05, 4.69) is 12.1 Å². The lowest BCUT2D eigenvalue weighted by molar-refractivity contribution is -0.240. The summed E-state index contributed by atoms with van der Waals surface area (Å²) in [7, 11) is 0. The number of rotatable bonds is 18. The Balaban J connectivity index is 2.28. The molecule has 0 saturated heterocycles. The van der Waals surface area contributed by atoms with Crippen molar-refractivity contribution < 1.29 is 44.5 Å². The number of hydrogen-bond donors (Lipinski definition) is 5. The summed E-state index contributed by atoms with van der Waals surface area (Å²) >= 11 is 0. The van der Waals surface area contributed by atoms with Crippen LogP contribution < -0.4 is 0 Å². The number of hydrogen-bond acceptors (Lipinski definition) is 9. The summed E-state index contributed by atoms with van der Waals surface area (Å²) in [5.41, 5.74) is 1.25. The Morgan fingerprint density at radius 2 is 1.24 bits per heavy atom. The molecule has 0 aliphatic rings. The van der Waals surface area contributed by atoms with E-state index >= 15 is 0 Å². The lowest BCUT2D eigenvalue weighted by Gasteiger charge is -2.25. The molecule has 0 heterocycles. The number of unbranched alkanes of at least 4 members (excludes halogenated alkanes) is 1. The van der Waals surface area contributed by atoms with Gasteiger partial charge in [0.1, 0.15) is 12.2 Å². The molecule has 29 heavy (non-hydrogen) atoms. The normalized spacial score (nSPS) is 14.8. The molecule has 1 rings (SSSR count). The Kier molecular flexibility index (Phi) is 14.9. The Bertz CT molecular complexity index is 484. The van der Waals surface area contributed by atoms with Gasteiger partial charge in [-0.1, -0.05) is 30.3 Å². The van der Waals surface area contributed by atoms with Gasteiger partial charge in [-0.25, -0.2) is 0 Å². The van der Waals surface area contributed by atoms with Crippen LogP contribution in [0.4, 0.5) is 0 Å². The maximum absolute atomic E-state index is 9.44. The van der Waals surface area contributed by atoms with Crippen LogP contribution >= 0.6 is 0 Å². The average Bonchev–Trinajstić information content (AvgIpc) is 2.77. The first-order valence-corrected chi connectivity index (χ1v) is 9.79. The zero-order valence-corrected chi connectivity index (χ0v) is 16.6. The maximum atomic E-state index is 9.44. The zero-order chi connectivity index (χ0) is 21.3. The molecule has 0 bridgehead atoms. The van der Waals surface area contributed by atoms with Crippen molar-refractivity contribution in [3.63, 3.8) is 0 Å². The van der Waals surface area contributed by atoms with Crippen molar-refractivity contribution in [2.75, 3.05) is 46.2 Å². The van der Waals surface area contributed by atoms with Gasteiger partial charge >= 0.3 is 0 Å². The molecule has 0 amide bonds. The SMILES string of the molecule is OCC(CO)OC(CO)OCC(CO)OC(CO)OCCCCc1ccccc1. The molecule has 0 spiro atoms. The van der Waals surface area contributed by atoms with Crippen molar-refractivity contribution in [2.24, 2.45) is 0 Å². The van der Waals surface area contributed by atoms with Gasteiger partial charge in [0.2, 0.25) is 0 Å². The number of ether oxygens (including phenoxy) is 4. The second-order valence-corrected chi connectivity index (χ2v) is 6.43. The minimum Gasteiger partial charge on any atom is -0.394 e. The van der Waals surface area contributed by atoms with E-state index in [9.17, 15) is 15.3 Å². The van der Waals surface area contributed by atoms with E-state index in [1.165, 1.54) is 5.56 Å². The predicted molar refractivity (Wildman–Crippen MR) is 104 cm³/mol. The van der Waals surface area contributed by atoms with Crippen molar-refractivity contribution in [3.8, 4) is 0 Å². The topological polar surface area (TPSA) is 138 Å². The fourth-order valence-corrected chi connectivity index (χ4v) is 2.48. The second kappa shape index (κ2) is 16.6. The molecule has 1 aromatic carbocycles. The minimum atomic E-state index is -1.09. The lowest BCUT2D eigenvalue weighted by Crippen LogP contribution is -2.37. The van der Waals surface area contributed by atoms with Gasteiger partial charge in [-0.05, 0) is 24.8 Å². The van der Waals surface area contributed by atoms with E-state index in [0.29, 0.717) is 6.61 Å². The van der Waals surface area contributed by atoms with Crippen LogP contribution in [0.15, 0.2) is 30.3 Å². The van der Waals surface area contributed by atoms with Gasteiger partial charge in [0.25, 0.3) is 0 Å². The first-order chi connectivity index (χ1) is 14.2. The highest BCUT2D eigenvalue weighted by Gasteiger charge is 2.20. The van der Waals surface area contributed by atoms with Crippen molar-refractivity contribution in [2.45, 2.75) is 44.1 Å². The summed E-state index contributed by atoms with van der Waals surface area (Å²) in [6, 6.07) is 10.1.